The summed E-state index contributed by atoms with van der Waals surface area (Å²) in [6.45, 7) is 1.92. The molecule has 1 atom stereocenters. The lowest BCUT2D eigenvalue weighted by molar-refractivity contribution is 0.0931. The van der Waals surface area contributed by atoms with E-state index in [1.807, 2.05) is 31.2 Å². The van der Waals surface area contributed by atoms with Crippen molar-refractivity contribution in [3.05, 3.63) is 65.2 Å². The molecule has 1 amide bonds. The van der Waals surface area contributed by atoms with Crippen molar-refractivity contribution in [2.45, 2.75) is 30.7 Å². The van der Waals surface area contributed by atoms with E-state index in [1.54, 1.807) is 12.1 Å². The number of aryl methyl sites for hydroxylation is 1. The smallest absolute Gasteiger partial charge is 0.251 e. The van der Waals surface area contributed by atoms with Crippen LogP contribution in [0.1, 0.15) is 40.4 Å². The number of hydrogen-bond acceptors (Lipinski definition) is 3. The Labute approximate surface area is 160 Å². The molecule has 1 unspecified atom stereocenters. The van der Waals surface area contributed by atoms with E-state index in [2.05, 4.69) is 16.0 Å². The summed E-state index contributed by atoms with van der Waals surface area (Å²) in [5, 5.41) is 3.07. The SMILES string of the molecule is C#CCNS(=O)(=O)c1cccc(C(=O)NC(c2ccc(C)cc2)C2CC2)c1. The van der Waals surface area contributed by atoms with Gasteiger partial charge in [-0.05, 0) is 49.4 Å². The van der Waals surface area contributed by atoms with Gasteiger partial charge in [-0.25, -0.2) is 8.42 Å². The number of amides is 1. The van der Waals surface area contributed by atoms with Gasteiger partial charge in [0.05, 0.1) is 17.5 Å². The van der Waals surface area contributed by atoms with E-state index >= 15 is 0 Å². The summed E-state index contributed by atoms with van der Waals surface area (Å²) in [6, 6.07) is 14.0. The van der Waals surface area contributed by atoms with Crippen molar-refractivity contribution in [3.63, 3.8) is 0 Å². The molecule has 140 valence electrons. The molecule has 0 spiro atoms. The molecule has 0 saturated heterocycles. The minimum atomic E-state index is -3.74. The van der Waals surface area contributed by atoms with Crippen LogP contribution in [0.15, 0.2) is 53.4 Å². The molecule has 0 bridgehead atoms. The normalized spacial score (nSPS) is 15.0. The van der Waals surface area contributed by atoms with Crippen LogP contribution in [0.4, 0.5) is 0 Å². The molecular formula is C21H22N2O3S. The topological polar surface area (TPSA) is 75.3 Å². The molecule has 1 aliphatic rings. The lowest BCUT2D eigenvalue weighted by Gasteiger charge is -2.19. The van der Waals surface area contributed by atoms with Crippen LogP contribution in [0.25, 0.3) is 0 Å². The third-order valence-corrected chi connectivity index (χ3v) is 5.99. The molecule has 3 rings (SSSR count). The van der Waals surface area contributed by atoms with Gasteiger partial charge < -0.3 is 5.32 Å². The number of carbonyl (C=O) groups is 1. The minimum Gasteiger partial charge on any atom is -0.345 e. The number of carbonyl (C=O) groups excluding carboxylic acids is 1. The fourth-order valence-corrected chi connectivity index (χ4v) is 3.91. The van der Waals surface area contributed by atoms with Gasteiger partial charge in [0, 0.05) is 5.56 Å². The van der Waals surface area contributed by atoms with E-state index < -0.39 is 10.0 Å². The molecule has 27 heavy (non-hydrogen) atoms. The summed E-state index contributed by atoms with van der Waals surface area (Å²) in [4.78, 5) is 12.8. The third-order valence-electron chi connectivity index (χ3n) is 4.59. The summed E-state index contributed by atoms with van der Waals surface area (Å²) < 4.78 is 26.7. The van der Waals surface area contributed by atoms with Crippen molar-refractivity contribution in [1.82, 2.24) is 10.0 Å². The lowest BCUT2D eigenvalue weighted by atomic mass is 10.0. The number of hydrogen-bond donors (Lipinski definition) is 2. The van der Waals surface area contributed by atoms with Gasteiger partial charge in [-0.1, -0.05) is 41.8 Å². The van der Waals surface area contributed by atoms with Crippen molar-refractivity contribution in [2.24, 2.45) is 5.92 Å². The van der Waals surface area contributed by atoms with E-state index in [-0.39, 0.29) is 23.4 Å². The Morgan fingerprint density at radius 1 is 1.22 bits per heavy atom. The van der Waals surface area contributed by atoms with Crippen molar-refractivity contribution in [2.75, 3.05) is 6.54 Å². The molecule has 0 aliphatic heterocycles. The maximum Gasteiger partial charge on any atom is 0.251 e. The third kappa shape index (κ3) is 4.76. The van der Waals surface area contributed by atoms with Crippen molar-refractivity contribution < 1.29 is 13.2 Å². The molecule has 0 aromatic heterocycles. The van der Waals surface area contributed by atoms with Gasteiger partial charge in [0.2, 0.25) is 10.0 Å². The first kappa shape index (κ1) is 19.2. The first-order valence-corrected chi connectivity index (χ1v) is 10.3. The highest BCUT2D eigenvalue weighted by molar-refractivity contribution is 7.89. The molecule has 1 saturated carbocycles. The van der Waals surface area contributed by atoms with Crippen LogP contribution in [-0.4, -0.2) is 20.9 Å². The first-order chi connectivity index (χ1) is 12.9. The van der Waals surface area contributed by atoms with Gasteiger partial charge in [0.25, 0.3) is 5.91 Å². The van der Waals surface area contributed by atoms with Crippen LogP contribution in [-0.2, 0) is 10.0 Å². The monoisotopic (exact) mass is 382 g/mol. The zero-order chi connectivity index (χ0) is 19.4. The van der Waals surface area contributed by atoms with E-state index in [0.717, 1.165) is 24.0 Å². The van der Waals surface area contributed by atoms with Crippen LogP contribution in [0.3, 0.4) is 0 Å². The van der Waals surface area contributed by atoms with Gasteiger partial charge in [0.15, 0.2) is 0 Å². The van der Waals surface area contributed by atoms with Gasteiger partial charge >= 0.3 is 0 Å². The van der Waals surface area contributed by atoms with Crippen molar-refractivity contribution in [3.8, 4) is 12.3 Å². The van der Waals surface area contributed by atoms with Gasteiger partial charge in [0.1, 0.15) is 0 Å². The molecule has 6 heteroatoms. The molecule has 1 fully saturated rings. The maximum absolute atomic E-state index is 12.8. The van der Waals surface area contributed by atoms with E-state index in [9.17, 15) is 13.2 Å². The Hall–Kier alpha value is -2.62. The quantitative estimate of drug-likeness (QED) is 0.723. The molecule has 2 aromatic rings. The summed E-state index contributed by atoms with van der Waals surface area (Å²) in [5.74, 6) is 2.36. The number of nitrogens with one attached hydrogen (secondary N) is 2. The molecule has 5 nitrogen and oxygen atoms in total. The predicted octanol–water partition coefficient (Wildman–Crippen LogP) is 2.79. The molecule has 1 aliphatic carbocycles. The Morgan fingerprint density at radius 3 is 2.56 bits per heavy atom. The average Bonchev–Trinajstić information content (AvgIpc) is 3.50. The van der Waals surface area contributed by atoms with Gasteiger partial charge in [-0.3, -0.25) is 4.79 Å². The summed E-state index contributed by atoms with van der Waals surface area (Å²) in [5.41, 5.74) is 2.53. The molecule has 2 N–H and O–H groups in total. The standard InChI is InChI=1S/C21H22N2O3S/c1-3-13-22-27(25,26)19-6-4-5-18(14-19)21(24)23-20(17-11-12-17)16-9-7-15(2)8-10-16/h1,4-10,14,17,20,22H,11-13H2,2H3,(H,23,24). The van der Waals surface area contributed by atoms with Crippen molar-refractivity contribution in [1.29, 1.82) is 0 Å². The Balaban J connectivity index is 1.80. The van der Waals surface area contributed by atoms with E-state index in [4.69, 9.17) is 6.42 Å². The van der Waals surface area contributed by atoms with Crippen molar-refractivity contribution >= 4 is 15.9 Å². The van der Waals surface area contributed by atoms with Crippen LogP contribution in [0.2, 0.25) is 0 Å². The number of sulfonamides is 1. The Bertz CT molecular complexity index is 971. The fraction of sp³-hybridized carbons (Fsp3) is 0.286. The second-order valence-corrected chi connectivity index (χ2v) is 8.52. The molecule has 2 aromatic carbocycles. The second kappa shape index (κ2) is 7.95. The number of terminal acetylenes is 1. The summed E-state index contributed by atoms with van der Waals surface area (Å²) in [6.07, 6.45) is 7.25. The van der Waals surface area contributed by atoms with Crippen LogP contribution in [0, 0.1) is 25.2 Å². The fourth-order valence-electron chi connectivity index (χ4n) is 2.93. The van der Waals surface area contributed by atoms with Crippen LogP contribution < -0.4 is 10.0 Å². The predicted molar refractivity (Wildman–Crippen MR) is 105 cm³/mol. The number of benzene rings is 2. The Morgan fingerprint density at radius 2 is 1.93 bits per heavy atom. The molecular weight excluding hydrogens is 360 g/mol. The largest absolute Gasteiger partial charge is 0.345 e. The highest BCUT2D eigenvalue weighted by Crippen LogP contribution is 2.41. The highest BCUT2D eigenvalue weighted by Gasteiger charge is 2.33. The zero-order valence-electron chi connectivity index (χ0n) is 15.1. The zero-order valence-corrected chi connectivity index (χ0v) is 15.9. The maximum atomic E-state index is 12.8. The Kier molecular flexibility index (Phi) is 5.64. The summed E-state index contributed by atoms with van der Waals surface area (Å²) in [7, 11) is -3.74. The van der Waals surface area contributed by atoms with Gasteiger partial charge in [-0.2, -0.15) is 4.72 Å². The minimum absolute atomic E-state index is 0.0173. The highest BCUT2D eigenvalue weighted by atomic mass is 32.2. The van der Waals surface area contributed by atoms with E-state index in [0.29, 0.717) is 11.5 Å². The van der Waals surface area contributed by atoms with Crippen LogP contribution in [0.5, 0.6) is 0 Å². The number of rotatable bonds is 7. The van der Waals surface area contributed by atoms with Gasteiger partial charge in [-0.15, -0.1) is 6.42 Å². The molecule has 0 heterocycles. The van der Waals surface area contributed by atoms with Crippen LogP contribution >= 0.6 is 0 Å². The summed E-state index contributed by atoms with van der Waals surface area (Å²) >= 11 is 0. The second-order valence-electron chi connectivity index (χ2n) is 6.76. The van der Waals surface area contributed by atoms with E-state index in [1.165, 1.54) is 12.1 Å². The lowest BCUT2D eigenvalue weighted by Crippen LogP contribution is -2.30. The first-order valence-electron chi connectivity index (χ1n) is 8.81. The average molecular weight is 382 g/mol. The molecule has 0 radical (unpaired) electrons.